The molecule has 50 valence electrons. The summed E-state index contributed by atoms with van der Waals surface area (Å²) in [6.45, 7) is -2.64. The third-order valence-corrected chi connectivity index (χ3v) is 1.29. The van der Waals surface area contributed by atoms with Crippen LogP contribution in [0.1, 0.15) is 19.4 Å². The van der Waals surface area contributed by atoms with Gasteiger partial charge in [0, 0.05) is 8.58 Å². The lowest BCUT2D eigenvalue weighted by Crippen LogP contribution is -1.79. The van der Waals surface area contributed by atoms with Crippen molar-refractivity contribution in [2.45, 2.75) is 6.85 Å². The van der Waals surface area contributed by atoms with Crippen LogP contribution >= 0.6 is 15.9 Å². The number of rotatable bonds is 0. The molecule has 0 amide bonds. The zero-order valence-corrected chi connectivity index (χ0v) is 6.41. The van der Waals surface area contributed by atoms with Crippen LogP contribution in [0.2, 0.25) is 0 Å². The molecule has 0 spiro atoms. The second kappa shape index (κ2) is 2.85. The number of hydrogen-bond acceptors (Lipinski definition) is 1. The van der Waals surface area contributed by atoms with Gasteiger partial charge in [0.2, 0.25) is 0 Å². The summed E-state index contributed by atoms with van der Waals surface area (Å²) < 4.78 is 44.1. The Hall–Kier alpha value is -0.810. The minimum atomic E-state index is -2.64. The smallest absolute Gasteiger partial charge is 0.0994 e. The predicted octanol–water partition coefficient (Wildman–Crippen LogP) is 2.63. The predicted molar refractivity (Wildman–Crippen MR) is 43.6 cm³/mol. The van der Waals surface area contributed by atoms with E-state index >= 15 is 0 Å². The Morgan fingerprint density at radius 3 is 3.20 bits per heavy atom. The summed E-state index contributed by atoms with van der Waals surface area (Å²) in [4.78, 5) is 0. The van der Waals surface area contributed by atoms with Gasteiger partial charge in [-0.2, -0.15) is 5.26 Å². The summed E-state index contributed by atoms with van der Waals surface area (Å²) in [5.41, 5.74) is -0.916. The minimum absolute atomic E-state index is 0.0809. The Bertz CT molecular complexity index is 487. The summed E-state index contributed by atoms with van der Waals surface area (Å²) in [7, 11) is 0. The van der Waals surface area contributed by atoms with Crippen molar-refractivity contribution in [2.75, 3.05) is 0 Å². The molecule has 0 saturated carbocycles. The normalized spacial score (nSPS) is 18.8. The van der Waals surface area contributed by atoms with E-state index in [0.717, 1.165) is 0 Å². The first-order valence-electron chi connectivity index (χ1n) is 5.41. The highest BCUT2D eigenvalue weighted by Crippen LogP contribution is 2.14. The highest BCUT2D eigenvalue weighted by Gasteiger charge is 1.94. The van der Waals surface area contributed by atoms with Crippen molar-refractivity contribution in [3.63, 3.8) is 0 Å². The molecule has 0 radical (unpaired) electrons. The van der Waals surface area contributed by atoms with Crippen molar-refractivity contribution in [3.8, 4) is 6.07 Å². The average molecular weight is 202 g/mol. The van der Waals surface area contributed by atoms with E-state index in [2.05, 4.69) is 15.9 Å². The molecular formula is C8H6BrN. The molecule has 0 N–H and O–H groups in total. The van der Waals surface area contributed by atoms with Gasteiger partial charge in [0.15, 0.2) is 0 Å². The molecule has 0 atom stereocenters. The molecule has 0 aliphatic heterocycles. The second-order valence-corrected chi connectivity index (χ2v) is 2.34. The maximum Gasteiger partial charge on any atom is 0.0994 e. The van der Waals surface area contributed by atoms with Gasteiger partial charge in [-0.1, -0.05) is 15.9 Å². The van der Waals surface area contributed by atoms with Crippen LogP contribution in [0.5, 0.6) is 0 Å². The summed E-state index contributed by atoms with van der Waals surface area (Å²) in [6.07, 6.45) is 0. The van der Waals surface area contributed by atoms with E-state index in [4.69, 9.17) is 13.5 Å². The van der Waals surface area contributed by atoms with Gasteiger partial charge in [0.1, 0.15) is 0 Å². The van der Waals surface area contributed by atoms with E-state index in [1.165, 1.54) is 0 Å². The standard InChI is InChI=1S/C8H6BrN/c1-6-4-8(9)3-2-7(6)5-10/h2-4H,1H3/i1D3,2D,3D,4D. The topological polar surface area (TPSA) is 23.8 Å². The van der Waals surface area contributed by atoms with Gasteiger partial charge < -0.3 is 0 Å². The number of halogens is 1. The summed E-state index contributed by atoms with van der Waals surface area (Å²) >= 11 is 2.88. The van der Waals surface area contributed by atoms with Crippen LogP contribution in [0.3, 0.4) is 0 Å². The largest absolute Gasteiger partial charge is 0.192 e. The van der Waals surface area contributed by atoms with Crippen molar-refractivity contribution in [3.05, 3.63) is 33.7 Å². The lowest BCUT2D eigenvalue weighted by Gasteiger charge is -1.95. The van der Waals surface area contributed by atoms with Crippen LogP contribution in [-0.2, 0) is 0 Å². The van der Waals surface area contributed by atoms with Gasteiger partial charge in [0.25, 0.3) is 0 Å². The Labute approximate surface area is 76.9 Å². The van der Waals surface area contributed by atoms with Crippen LogP contribution in [0, 0.1) is 18.2 Å². The van der Waals surface area contributed by atoms with E-state index in [-0.39, 0.29) is 10.5 Å². The Balaban J connectivity index is 3.81. The Morgan fingerprint density at radius 2 is 2.60 bits per heavy atom. The number of benzene rings is 1. The van der Waals surface area contributed by atoms with Gasteiger partial charge >= 0.3 is 0 Å². The molecule has 0 aromatic heterocycles. The first kappa shape index (κ1) is 2.67. The Kier molecular flexibility index (Phi) is 0.761. The molecule has 0 bridgehead atoms. The zero-order chi connectivity index (χ0) is 12.7. The van der Waals surface area contributed by atoms with Crippen molar-refractivity contribution in [1.29, 1.82) is 5.26 Å². The van der Waals surface area contributed by atoms with Crippen LogP contribution in [0.4, 0.5) is 0 Å². The fraction of sp³-hybridized carbons (Fsp3) is 0.125. The third kappa shape index (κ3) is 1.37. The van der Waals surface area contributed by atoms with E-state index in [1.807, 2.05) is 0 Å². The summed E-state index contributed by atoms with van der Waals surface area (Å²) in [5.74, 6) is 0. The van der Waals surface area contributed by atoms with Crippen molar-refractivity contribution < 1.29 is 8.22 Å². The van der Waals surface area contributed by atoms with Crippen molar-refractivity contribution in [2.24, 2.45) is 0 Å². The molecule has 0 aliphatic rings. The molecule has 0 aliphatic carbocycles. The van der Waals surface area contributed by atoms with Gasteiger partial charge in [-0.25, -0.2) is 0 Å². The highest BCUT2D eigenvalue weighted by molar-refractivity contribution is 9.10. The van der Waals surface area contributed by atoms with E-state index < -0.39 is 30.1 Å². The lowest BCUT2D eigenvalue weighted by atomic mass is 10.1. The zero-order valence-electron chi connectivity index (χ0n) is 10.8. The molecule has 0 heterocycles. The summed E-state index contributed by atoms with van der Waals surface area (Å²) in [6, 6.07) is 0.310. The van der Waals surface area contributed by atoms with Gasteiger partial charge in [0.05, 0.1) is 15.7 Å². The van der Waals surface area contributed by atoms with E-state index in [0.29, 0.717) is 0 Å². The molecule has 1 nitrogen and oxygen atoms in total. The molecule has 1 aromatic carbocycles. The average Bonchev–Trinajstić information content (AvgIpc) is 2.18. The molecule has 1 aromatic rings. The summed E-state index contributed by atoms with van der Waals surface area (Å²) in [5, 5.41) is 8.80. The lowest BCUT2D eigenvalue weighted by molar-refractivity contribution is 1.38. The van der Waals surface area contributed by atoms with Crippen molar-refractivity contribution in [1.82, 2.24) is 0 Å². The highest BCUT2D eigenvalue weighted by atomic mass is 79.9. The van der Waals surface area contributed by atoms with Gasteiger partial charge in [-0.05, 0) is 30.5 Å². The van der Waals surface area contributed by atoms with E-state index in [1.54, 1.807) is 6.07 Å². The van der Waals surface area contributed by atoms with Crippen LogP contribution in [-0.4, -0.2) is 0 Å². The minimum Gasteiger partial charge on any atom is -0.192 e. The monoisotopic (exact) mass is 201 g/mol. The van der Waals surface area contributed by atoms with Gasteiger partial charge in [-0.15, -0.1) is 0 Å². The quantitative estimate of drug-likeness (QED) is 0.634. The molecule has 10 heavy (non-hydrogen) atoms. The number of hydrogen-bond donors (Lipinski definition) is 0. The Morgan fingerprint density at radius 1 is 1.80 bits per heavy atom. The molecule has 0 unspecified atom stereocenters. The molecule has 2 heteroatoms. The van der Waals surface area contributed by atoms with Crippen LogP contribution < -0.4 is 0 Å². The SMILES string of the molecule is [2H]c1c([2H])c(C#N)c(C([2H])([2H])[2H])c([2H])c1Br. The molecule has 0 fully saturated rings. The van der Waals surface area contributed by atoms with Crippen LogP contribution in [0.25, 0.3) is 0 Å². The van der Waals surface area contributed by atoms with Gasteiger partial charge in [-0.3, -0.25) is 0 Å². The molecular weight excluding hydrogens is 190 g/mol. The fourth-order valence-electron chi connectivity index (χ4n) is 0.467. The van der Waals surface area contributed by atoms with Crippen molar-refractivity contribution >= 4 is 15.9 Å². The second-order valence-electron chi connectivity index (χ2n) is 1.55. The number of nitriles is 1. The first-order valence-corrected chi connectivity index (χ1v) is 3.21. The fourth-order valence-corrected chi connectivity index (χ4v) is 0.765. The molecule has 0 saturated heterocycles. The maximum atomic E-state index is 8.80. The van der Waals surface area contributed by atoms with Crippen LogP contribution in [0.15, 0.2) is 22.6 Å². The maximum absolute atomic E-state index is 8.80. The molecule has 1 rings (SSSR count). The van der Waals surface area contributed by atoms with E-state index in [9.17, 15) is 0 Å². The third-order valence-electron chi connectivity index (χ3n) is 0.894. The number of nitrogens with zero attached hydrogens (tertiary/aromatic N) is 1. The first-order chi connectivity index (χ1) is 7.21.